The number of aryl methyl sites for hydroxylation is 3. The second-order valence-corrected chi connectivity index (χ2v) is 9.74. The molecular weight excluding hydrogens is 545 g/mol. The maximum absolute atomic E-state index is 13.7. The van der Waals surface area contributed by atoms with Crippen LogP contribution in [0.3, 0.4) is 0 Å². The third-order valence-corrected chi connectivity index (χ3v) is 6.75. The van der Waals surface area contributed by atoms with Gasteiger partial charge in [0.15, 0.2) is 0 Å². The smallest absolute Gasteiger partial charge is 0.354 e. The monoisotopic (exact) mass is 570 g/mol. The van der Waals surface area contributed by atoms with Crippen LogP contribution >= 0.6 is 0 Å². The number of hydrogen-bond acceptors (Lipinski definition) is 4. The zero-order chi connectivity index (χ0) is 30.2. The van der Waals surface area contributed by atoms with Crippen LogP contribution in [0.4, 0.5) is 18.9 Å². The number of benzene rings is 3. The highest BCUT2D eigenvalue weighted by Crippen LogP contribution is 2.33. The van der Waals surface area contributed by atoms with Crippen molar-refractivity contribution in [3.8, 4) is 17.7 Å². The minimum absolute atomic E-state index is 0.0303. The second kappa shape index (κ2) is 10.9. The number of anilines is 1. The van der Waals surface area contributed by atoms with Crippen molar-refractivity contribution in [3.63, 3.8) is 0 Å². The number of rotatable bonds is 4. The van der Waals surface area contributed by atoms with Gasteiger partial charge in [-0.15, -0.1) is 0 Å². The number of halogens is 3. The Balaban J connectivity index is 1.46. The zero-order valence-electron chi connectivity index (χ0n) is 23.1. The Labute approximate surface area is 239 Å². The molecule has 0 spiro atoms. The van der Waals surface area contributed by atoms with E-state index in [1.807, 2.05) is 32.9 Å². The van der Waals surface area contributed by atoms with Crippen molar-refractivity contribution in [2.45, 2.75) is 26.9 Å². The molecular formula is C31H25F3N6O2. The Morgan fingerprint density at radius 1 is 0.881 bits per heavy atom. The summed E-state index contributed by atoms with van der Waals surface area (Å²) in [7, 11) is 1.42. The molecule has 0 fully saturated rings. The standard InChI is InChI=1S/C31H25F3N6O2/c1-18-7-8-22(11-21(18)9-10-39-17-37-27-19(2)5-6-20(3)28(27)39)29(41)38-24-12-23(31(32,33)34)13-25(14-24)40-15-26(36-16-40)30(42)35-4/h5-8,11-17H,1-4H3,(H,35,42)(H,38,41). The molecule has 0 saturated carbocycles. The molecule has 42 heavy (non-hydrogen) atoms. The summed E-state index contributed by atoms with van der Waals surface area (Å²) in [6.07, 6.45) is -0.507. The average Bonchev–Trinajstić information content (AvgIpc) is 3.62. The molecule has 0 aliphatic rings. The Hall–Kier alpha value is -5.37. The number of fused-ring (bicyclic) bond motifs is 1. The van der Waals surface area contributed by atoms with Crippen molar-refractivity contribution in [1.29, 1.82) is 0 Å². The highest BCUT2D eigenvalue weighted by Gasteiger charge is 2.31. The molecule has 0 aliphatic heterocycles. The molecule has 0 unspecified atom stereocenters. The molecule has 212 valence electrons. The maximum atomic E-state index is 13.7. The SMILES string of the molecule is CNC(=O)c1cn(-c2cc(NC(=O)c3ccc(C)c(C#Cn4cnc5c(C)ccc(C)c54)c3)cc(C(F)(F)F)c2)cn1. The van der Waals surface area contributed by atoms with E-state index >= 15 is 0 Å². The maximum Gasteiger partial charge on any atom is 0.416 e. The minimum atomic E-state index is -4.68. The lowest BCUT2D eigenvalue weighted by molar-refractivity contribution is -0.137. The molecule has 2 amide bonds. The van der Waals surface area contributed by atoms with Gasteiger partial charge in [0.25, 0.3) is 11.8 Å². The van der Waals surface area contributed by atoms with Crippen molar-refractivity contribution in [2.24, 2.45) is 0 Å². The minimum Gasteiger partial charge on any atom is -0.354 e. The predicted octanol–water partition coefficient (Wildman–Crippen LogP) is 5.64. The molecule has 0 atom stereocenters. The van der Waals surface area contributed by atoms with Gasteiger partial charge >= 0.3 is 6.18 Å². The third-order valence-electron chi connectivity index (χ3n) is 6.75. The number of imidazole rings is 2. The van der Waals surface area contributed by atoms with Crippen molar-refractivity contribution in [1.82, 2.24) is 24.4 Å². The molecule has 2 heterocycles. The molecule has 3 aromatic carbocycles. The molecule has 0 aliphatic carbocycles. The van der Waals surface area contributed by atoms with Gasteiger partial charge in [-0.05, 0) is 73.7 Å². The number of carbonyl (C=O) groups is 2. The van der Waals surface area contributed by atoms with Crippen molar-refractivity contribution in [3.05, 3.63) is 106 Å². The highest BCUT2D eigenvalue weighted by molar-refractivity contribution is 6.04. The number of nitrogens with zero attached hydrogens (tertiary/aromatic N) is 4. The van der Waals surface area contributed by atoms with Gasteiger partial charge < -0.3 is 15.2 Å². The molecule has 8 nitrogen and oxygen atoms in total. The number of hydrogen-bond donors (Lipinski definition) is 2. The van der Waals surface area contributed by atoms with E-state index in [1.165, 1.54) is 30.2 Å². The lowest BCUT2D eigenvalue weighted by Crippen LogP contribution is -2.18. The predicted molar refractivity (Wildman–Crippen MR) is 153 cm³/mol. The summed E-state index contributed by atoms with van der Waals surface area (Å²) in [5.74, 6) is 1.99. The van der Waals surface area contributed by atoms with Gasteiger partial charge in [-0.1, -0.05) is 18.2 Å². The van der Waals surface area contributed by atoms with E-state index in [0.29, 0.717) is 5.56 Å². The molecule has 0 saturated heterocycles. The number of carbonyl (C=O) groups excluding carboxylic acids is 2. The molecule has 11 heteroatoms. The number of nitrogens with one attached hydrogen (secondary N) is 2. The Morgan fingerprint density at radius 3 is 2.36 bits per heavy atom. The van der Waals surface area contributed by atoms with Crippen LogP contribution in [0.25, 0.3) is 16.7 Å². The van der Waals surface area contributed by atoms with Crippen LogP contribution < -0.4 is 10.6 Å². The van der Waals surface area contributed by atoms with E-state index in [-0.39, 0.29) is 22.6 Å². The second-order valence-electron chi connectivity index (χ2n) is 9.74. The summed E-state index contributed by atoms with van der Waals surface area (Å²) < 4.78 is 44.2. The molecule has 5 rings (SSSR count). The molecule has 0 bridgehead atoms. The Morgan fingerprint density at radius 2 is 1.62 bits per heavy atom. The van der Waals surface area contributed by atoms with Crippen molar-refractivity contribution >= 4 is 28.5 Å². The topological polar surface area (TPSA) is 93.8 Å². The fraction of sp³-hybridized carbons (Fsp3) is 0.161. The van der Waals surface area contributed by atoms with Crippen LogP contribution in [0.15, 0.2) is 67.4 Å². The molecule has 2 aromatic heterocycles. The van der Waals surface area contributed by atoms with Crippen molar-refractivity contribution in [2.75, 3.05) is 12.4 Å². The first kappa shape index (κ1) is 28.2. The van der Waals surface area contributed by atoms with Crippen LogP contribution in [0.2, 0.25) is 0 Å². The molecule has 2 N–H and O–H groups in total. The van der Waals surface area contributed by atoms with E-state index < -0.39 is 23.6 Å². The van der Waals surface area contributed by atoms with E-state index in [4.69, 9.17) is 0 Å². The number of alkyl halides is 3. The zero-order valence-corrected chi connectivity index (χ0v) is 23.1. The largest absolute Gasteiger partial charge is 0.416 e. The Bertz CT molecular complexity index is 1920. The summed E-state index contributed by atoms with van der Waals surface area (Å²) in [5.41, 5.74) is 4.48. The first-order chi connectivity index (χ1) is 19.9. The first-order valence-electron chi connectivity index (χ1n) is 12.8. The number of amides is 2. The van der Waals surface area contributed by atoms with Crippen LogP contribution in [0.1, 0.15) is 48.7 Å². The average molecular weight is 571 g/mol. The van der Waals surface area contributed by atoms with E-state index in [1.54, 1.807) is 29.1 Å². The lowest BCUT2D eigenvalue weighted by Gasteiger charge is -2.14. The quantitative estimate of drug-likeness (QED) is 0.274. The van der Waals surface area contributed by atoms with E-state index in [2.05, 4.69) is 32.6 Å². The van der Waals surface area contributed by atoms with Crippen LogP contribution in [0, 0.1) is 32.7 Å². The fourth-order valence-electron chi connectivity index (χ4n) is 4.43. The summed E-state index contributed by atoms with van der Waals surface area (Å²) in [6.45, 7) is 5.80. The molecule has 5 aromatic rings. The summed E-state index contributed by atoms with van der Waals surface area (Å²) >= 11 is 0. The summed E-state index contributed by atoms with van der Waals surface area (Å²) in [6, 6.07) is 15.1. The van der Waals surface area contributed by atoms with Gasteiger partial charge in [-0.2, -0.15) is 13.2 Å². The van der Waals surface area contributed by atoms with Crippen LogP contribution in [-0.2, 0) is 6.18 Å². The van der Waals surface area contributed by atoms with Gasteiger partial charge in [-0.3, -0.25) is 14.2 Å². The van der Waals surface area contributed by atoms with E-state index in [9.17, 15) is 22.8 Å². The lowest BCUT2D eigenvalue weighted by atomic mass is 10.0. The Kier molecular flexibility index (Phi) is 7.31. The third kappa shape index (κ3) is 5.60. The van der Waals surface area contributed by atoms with Gasteiger partial charge in [0.1, 0.15) is 18.3 Å². The first-order valence-corrected chi connectivity index (χ1v) is 12.8. The normalized spacial score (nSPS) is 11.2. The molecule has 0 radical (unpaired) electrons. The van der Waals surface area contributed by atoms with Crippen molar-refractivity contribution < 1.29 is 22.8 Å². The van der Waals surface area contributed by atoms with Crippen LogP contribution in [-0.4, -0.2) is 38.0 Å². The summed E-state index contributed by atoms with van der Waals surface area (Å²) in [5, 5.41) is 4.97. The van der Waals surface area contributed by atoms with Gasteiger partial charge in [-0.25, -0.2) is 9.97 Å². The van der Waals surface area contributed by atoms with Gasteiger partial charge in [0, 0.05) is 41.8 Å². The van der Waals surface area contributed by atoms with Crippen LogP contribution in [0.5, 0.6) is 0 Å². The number of aromatic nitrogens is 4. The van der Waals surface area contributed by atoms with Gasteiger partial charge in [0.2, 0.25) is 0 Å². The highest BCUT2D eigenvalue weighted by atomic mass is 19.4. The fourth-order valence-corrected chi connectivity index (χ4v) is 4.43. The van der Waals surface area contributed by atoms with E-state index in [0.717, 1.165) is 39.9 Å². The summed E-state index contributed by atoms with van der Waals surface area (Å²) in [4.78, 5) is 33.4. The van der Waals surface area contributed by atoms with Gasteiger partial charge in [0.05, 0.1) is 16.6 Å².